The van der Waals surface area contributed by atoms with Crippen LogP contribution in [0, 0.1) is 11.6 Å². The van der Waals surface area contributed by atoms with Gasteiger partial charge in [0.15, 0.2) is 11.6 Å². The summed E-state index contributed by atoms with van der Waals surface area (Å²) < 4.78 is 32.8. The fourth-order valence-electron chi connectivity index (χ4n) is 4.13. The maximum absolute atomic E-state index is 13.9. The lowest BCUT2D eigenvalue weighted by Crippen LogP contribution is -2.31. The van der Waals surface area contributed by atoms with Gasteiger partial charge >= 0.3 is 5.97 Å². The molecule has 0 saturated carbocycles. The van der Waals surface area contributed by atoms with Gasteiger partial charge in [-0.15, -0.1) is 0 Å². The van der Waals surface area contributed by atoms with Crippen LogP contribution >= 0.6 is 0 Å². The van der Waals surface area contributed by atoms with Crippen molar-refractivity contribution < 1.29 is 23.1 Å². The quantitative estimate of drug-likeness (QED) is 0.477. The second kappa shape index (κ2) is 8.84. The normalized spacial score (nSPS) is 14.5. The number of rotatable bonds is 5. The number of hydrazine groups is 2. The highest BCUT2D eigenvalue weighted by molar-refractivity contribution is 6.13. The van der Waals surface area contributed by atoms with E-state index in [4.69, 9.17) is 4.74 Å². The van der Waals surface area contributed by atoms with Gasteiger partial charge in [0.1, 0.15) is 0 Å². The Kier molecular flexibility index (Phi) is 5.70. The molecule has 0 unspecified atom stereocenters. The number of amides is 1. The third-order valence-corrected chi connectivity index (χ3v) is 5.81. The first kappa shape index (κ1) is 22.5. The summed E-state index contributed by atoms with van der Waals surface area (Å²) in [4.78, 5) is 27.9. The highest BCUT2D eigenvalue weighted by Gasteiger charge is 2.32. The van der Waals surface area contributed by atoms with Gasteiger partial charge in [-0.3, -0.25) is 4.79 Å². The summed E-state index contributed by atoms with van der Waals surface area (Å²) in [5.41, 5.74) is 12.9. The van der Waals surface area contributed by atoms with Crippen LogP contribution in [0.25, 0.3) is 16.8 Å². The minimum Gasteiger partial charge on any atom is -0.459 e. The monoisotopic (exact) mass is 476 g/mol. The fourth-order valence-corrected chi connectivity index (χ4v) is 4.13. The van der Waals surface area contributed by atoms with Crippen LogP contribution in [0.2, 0.25) is 0 Å². The Morgan fingerprint density at radius 2 is 1.71 bits per heavy atom. The molecule has 9 heteroatoms. The molecular formula is C26H22F2N4O3. The van der Waals surface area contributed by atoms with E-state index in [2.05, 4.69) is 16.4 Å². The van der Waals surface area contributed by atoms with Crippen LogP contribution in [0.4, 0.5) is 14.5 Å². The van der Waals surface area contributed by atoms with Crippen LogP contribution in [0.5, 0.6) is 0 Å². The first-order chi connectivity index (χ1) is 16.8. The van der Waals surface area contributed by atoms with E-state index in [1.54, 1.807) is 44.3 Å². The summed E-state index contributed by atoms with van der Waals surface area (Å²) in [6.07, 6.45) is 1.38. The lowest BCUT2D eigenvalue weighted by Gasteiger charge is -2.21. The maximum atomic E-state index is 13.9. The SMILES string of the molecule is CC(C)OC(=O)c1ccc(-c2ccc(F)c(F)c2)cc1N1Cc2ccc(C3=CNNN3)cc2C1=O. The second-order valence-corrected chi connectivity index (χ2v) is 8.53. The van der Waals surface area contributed by atoms with E-state index in [1.807, 2.05) is 12.1 Å². The van der Waals surface area contributed by atoms with E-state index in [0.29, 0.717) is 22.4 Å². The van der Waals surface area contributed by atoms with Gasteiger partial charge in [0.2, 0.25) is 0 Å². The first-order valence-electron chi connectivity index (χ1n) is 11.0. The molecule has 2 heterocycles. The molecule has 1 amide bonds. The van der Waals surface area contributed by atoms with Crippen molar-refractivity contribution in [3.8, 4) is 11.1 Å². The third kappa shape index (κ3) is 4.22. The summed E-state index contributed by atoms with van der Waals surface area (Å²) in [7, 11) is 0. The maximum Gasteiger partial charge on any atom is 0.340 e. The van der Waals surface area contributed by atoms with Crippen LogP contribution in [-0.2, 0) is 11.3 Å². The van der Waals surface area contributed by atoms with Crippen molar-refractivity contribution in [2.75, 3.05) is 4.90 Å². The van der Waals surface area contributed by atoms with Crippen LogP contribution in [0.3, 0.4) is 0 Å². The second-order valence-electron chi connectivity index (χ2n) is 8.53. The molecule has 3 aromatic carbocycles. The van der Waals surface area contributed by atoms with Crippen LogP contribution in [-0.4, -0.2) is 18.0 Å². The molecule has 178 valence electrons. The number of hydrogen-bond acceptors (Lipinski definition) is 6. The largest absolute Gasteiger partial charge is 0.459 e. The molecule has 2 aliphatic heterocycles. The van der Waals surface area contributed by atoms with Gasteiger partial charge in [0, 0.05) is 17.3 Å². The zero-order valence-corrected chi connectivity index (χ0v) is 19.0. The number of benzene rings is 3. The van der Waals surface area contributed by atoms with Crippen LogP contribution < -0.4 is 21.3 Å². The summed E-state index contributed by atoms with van der Waals surface area (Å²) in [5.74, 6) is -2.79. The lowest BCUT2D eigenvalue weighted by atomic mass is 10.0. The predicted octanol–water partition coefficient (Wildman–Crippen LogP) is 4.27. The molecule has 0 bridgehead atoms. The standard InChI is InChI=1S/C26H22F2N4O3/c1-14(2)35-26(34)19-7-5-16(15-6-8-21(27)22(28)10-15)11-24(19)32-13-18-4-3-17(9-20(18)25(32)33)23-12-29-31-30-23/h3-12,14,29-31H,13H2,1-2H3. The van der Waals surface area contributed by atoms with E-state index in [-0.39, 0.29) is 24.1 Å². The number of nitrogens with zero attached hydrogens (tertiary/aromatic N) is 1. The summed E-state index contributed by atoms with van der Waals surface area (Å²) in [6, 6.07) is 13.9. The Morgan fingerprint density at radius 3 is 2.43 bits per heavy atom. The molecule has 0 radical (unpaired) electrons. The lowest BCUT2D eigenvalue weighted by molar-refractivity contribution is 0.0379. The molecule has 5 rings (SSSR count). The molecule has 3 aromatic rings. The Hall–Kier alpha value is -4.24. The minimum atomic E-state index is -0.983. The van der Waals surface area contributed by atoms with E-state index in [1.165, 1.54) is 11.0 Å². The number of halogens is 2. The number of ether oxygens (including phenoxy) is 1. The Morgan fingerprint density at radius 1 is 0.971 bits per heavy atom. The van der Waals surface area contributed by atoms with Crippen molar-refractivity contribution in [1.82, 2.24) is 16.4 Å². The van der Waals surface area contributed by atoms with Gasteiger partial charge in [-0.2, -0.15) is 5.53 Å². The van der Waals surface area contributed by atoms with Crippen molar-refractivity contribution in [2.45, 2.75) is 26.5 Å². The number of nitrogens with one attached hydrogen (secondary N) is 3. The Bertz CT molecular complexity index is 1390. The fraction of sp³-hybridized carbons (Fsp3) is 0.154. The average molecular weight is 476 g/mol. The third-order valence-electron chi connectivity index (χ3n) is 5.81. The van der Waals surface area contributed by atoms with Gasteiger partial charge in [0.25, 0.3) is 5.91 Å². The molecule has 2 aliphatic rings. The van der Waals surface area contributed by atoms with Gasteiger partial charge in [-0.25, -0.2) is 13.6 Å². The number of hydrogen-bond donors (Lipinski definition) is 3. The van der Waals surface area contributed by atoms with Crippen molar-refractivity contribution >= 4 is 23.3 Å². The number of fused-ring (bicyclic) bond motifs is 1. The van der Waals surface area contributed by atoms with Crippen molar-refractivity contribution in [3.63, 3.8) is 0 Å². The molecule has 3 N–H and O–H groups in total. The van der Waals surface area contributed by atoms with Crippen molar-refractivity contribution in [1.29, 1.82) is 0 Å². The Labute approximate surface area is 200 Å². The topological polar surface area (TPSA) is 82.7 Å². The first-order valence-corrected chi connectivity index (χ1v) is 11.0. The van der Waals surface area contributed by atoms with Crippen LogP contribution in [0.1, 0.15) is 45.7 Å². The van der Waals surface area contributed by atoms with Crippen molar-refractivity contribution in [3.05, 3.63) is 94.7 Å². The number of carbonyl (C=O) groups excluding carboxylic acids is 2. The highest BCUT2D eigenvalue weighted by Crippen LogP contribution is 2.36. The van der Waals surface area contributed by atoms with Crippen LogP contribution in [0.15, 0.2) is 60.8 Å². The average Bonchev–Trinajstić information content (AvgIpc) is 3.48. The van der Waals surface area contributed by atoms with Gasteiger partial charge in [0.05, 0.1) is 29.6 Å². The number of esters is 1. The zero-order valence-electron chi connectivity index (χ0n) is 19.0. The summed E-state index contributed by atoms with van der Waals surface area (Å²) in [6.45, 7) is 3.72. The molecule has 0 aromatic heterocycles. The number of carbonyl (C=O) groups is 2. The van der Waals surface area contributed by atoms with E-state index >= 15 is 0 Å². The predicted molar refractivity (Wildman–Crippen MR) is 127 cm³/mol. The molecule has 0 fully saturated rings. The zero-order chi connectivity index (χ0) is 24.7. The molecule has 0 saturated heterocycles. The molecular weight excluding hydrogens is 454 g/mol. The van der Waals surface area contributed by atoms with Crippen molar-refractivity contribution in [2.24, 2.45) is 0 Å². The van der Waals surface area contributed by atoms with Gasteiger partial charge < -0.3 is 20.5 Å². The number of anilines is 1. The smallest absolute Gasteiger partial charge is 0.340 e. The Balaban J connectivity index is 1.57. The van der Waals surface area contributed by atoms with E-state index in [9.17, 15) is 18.4 Å². The summed E-state index contributed by atoms with van der Waals surface area (Å²) >= 11 is 0. The molecule has 0 aliphatic carbocycles. The van der Waals surface area contributed by atoms with E-state index < -0.39 is 17.6 Å². The molecule has 0 atom stereocenters. The summed E-state index contributed by atoms with van der Waals surface area (Å²) in [5, 5.41) is 0. The molecule has 35 heavy (non-hydrogen) atoms. The molecule has 7 nitrogen and oxygen atoms in total. The van der Waals surface area contributed by atoms with E-state index in [0.717, 1.165) is 29.0 Å². The molecule has 0 spiro atoms. The minimum absolute atomic E-state index is 0.208. The highest BCUT2D eigenvalue weighted by atomic mass is 19.2. The van der Waals surface area contributed by atoms with Gasteiger partial charge in [-0.1, -0.05) is 24.3 Å². The van der Waals surface area contributed by atoms with Gasteiger partial charge in [-0.05, 0) is 60.9 Å².